The fourth-order valence-electron chi connectivity index (χ4n) is 0.949. The summed E-state index contributed by atoms with van der Waals surface area (Å²) in [6.45, 7) is 4.02. The molecule has 0 bridgehead atoms. The van der Waals surface area contributed by atoms with E-state index < -0.39 is 11.7 Å². The quantitative estimate of drug-likeness (QED) is 0.619. The lowest BCUT2D eigenvalue weighted by atomic mass is 10.2. The molecule has 1 aromatic carbocycles. The Balaban J connectivity index is 2.94. The van der Waals surface area contributed by atoms with Gasteiger partial charge in [0.05, 0.1) is 5.56 Å². The first-order chi connectivity index (χ1) is 5.91. The first-order valence-electron chi connectivity index (χ1n) is 3.76. The molecule has 0 nitrogen and oxygen atoms in total. The molecule has 0 aliphatic carbocycles. The van der Waals surface area contributed by atoms with Gasteiger partial charge in [0, 0.05) is 0 Å². The van der Waals surface area contributed by atoms with Gasteiger partial charge in [-0.15, -0.1) is 0 Å². The lowest BCUT2D eigenvalue weighted by Gasteiger charge is -2.09. The SMILES string of the molecule is CP(C)c1ccc(C(F)(F)F)cc1. The monoisotopic (exact) mass is 206 g/mol. The van der Waals surface area contributed by atoms with E-state index in [1.165, 1.54) is 0 Å². The van der Waals surface area contributed by atoms with Gasteiger partial charge in [-0.1, -0.05) is 20.1 Å². The number of benzene rings is 1. The van der Waals surface area contributed by atoms with Crippen LogP contribution in [0.2, 0.25) is 0 Å². The van der Waals surface area contributed by atoms with E-state index in [0.717, 1.165) is 17.4 Å². The minimum absolute atomic E-state index is 0.311. The third kappa shape index (κ3) is 2.70. The van der Waals surface area contributed by atoms with E-state index in [1.54, 1.807) is 12.1 Å². The number of halogens is 3. The van der Waals surface area contributed by atoms with E-state index in [0.29, 0.717) is 0 Å². The summed E-state index contributed by atoms with van der Waals surface area (Å²) in [6, 6.07) is 5.37. The van der Waals surface area contributed by atoms with Crippen LogP contribution < -0.4 is 5.30 Å². The molecule has 1 rings (SSSR count). The van der Waals surface area contributed by atoms with Gasteiger partial charge in [-0.05, 0) is 30.8 Å². The average Bonchev–Trinajstić information content (AvgIpc) is 2.03. The van der Waals surface area contributed by atoms with Crippen LogP contribution in [0.15, 0.2) is 24.3 Å². The van der Waals surface area contributed by atoms with Crippen LogP contribution in [0.3, 0.4) is 0 Å². The summed E-state index contributed by atoms with van der Waals surface area (Å²) >= 11 is 0. The second-order valence-electron chi connectivity index (χ2n) is 2.94. The highest BCUT2D eigenvalue weighted by atomic mass is 31.1. The van der Waals surface area contributed by atoms with E-state index in [4.69, 9.17) is 0 Å². The fourth-order valence-corrected chi connectivity index (χ4v) is 1.69. The first-order valence-corrected chi connectivity index (χ1v) is 5.99. The van der Waals surface area contributed by atoms with Gasteiger partial charge >= 0.3 is 6.18 Å². The molecule has 0 aromatic heterocycles. The standard InChI is InChI=1S/C9H10F3P/c1-13(2)8-5-3-7(4-6-8)9(10,11)12/h3-6H,1-2H3. The average molecular weight is 206 g/mol. The van der Waals surface area contributed by atoms with Crippen molar-refractivity contribution in [3.63, 3.8) is 0 Å². The van der Waals surface area contributed by atoms with Crippen LogP contribution >= 0.6 is 7.92 Å². The molecule has 0 fully saturated rings. The highest BCUT2D eigenvalue weighted by Crippen LogP contribution is 2.30. The Morgan fingerprint density at radius 2 is 1.46 bits per heavy atom. The van der Waals surface area contributed by atoms with Crippen molar-refractivity contribution >= 4 is 13.2 Å². The summed E-state index contributed by atoms with van der Waals surface area (Å²) in [4.78, 5) is 0. The molecule has 0 atom stereocenters. The molecule has 1 aromatic rings. The molecule has 0 heterocycles. The number of rotatable bonds is 1. The summed E-state index contributed by atoms with van der Waals surface area (Å²) < 4.78 is 36.4. The van der Waals surface area contributed by atoms with Crippen molar-refractivity contribution in [1.82, 2.24) is 0 Å². The summed E-state index contributed by atoms with van der Waals surface area (Å²) in [5, 5.41) is 0.989. The third-order valence-corrected chi connectivity index (χ3v) is 3.04. The van der Waals surface area contributed by atoms with Crippen LogP contribution in [-0.4, -0.2) is 13.3 Å². The number of hydrogen-bond acceptors (Lipinski definition) is 0. The van der Waals surface area contributed by atoms with Crippen molar-refractivity contribution in [3.8, 4) is 0 Å². The molecule has 0 N–H and O–H groups in total. The molecule has 4 heteroatoms. The van der Waals surface area contributed by atoms with Crippen LogP contribution in [-0.2, 0) is 6.18 Å². The Labute approximate surface area is 76.5 Å². The van der Waals surface area contributed by atoms with Gasteiger partial charge in [0.25, 0.3) is 0 Å². The number of hydrogen-bond donors (Lipinski definition) is 0. The van der Waals surface area contributed by atoms with Crippen LogP contribution in [0.4, 0.5) is 13.2 Å². The summed E-state index contributed by atoms with van der Waals surface area (Å²) in [6.07, 6.45) is -4.22. The normalized spacial score (nSPS) is 12.2. The Bertz CT molecular complexity index is 274. The lowest BCUT2D eigenvalue weighted by Crippen LogP contribution is -2.07. The van der Waals surface area contributed by atoms with Gasteiger partial charge in [-0.2, -0.15) is 13.2 Å². The Kier molecular flexibility index (Phi) is 2.97. The second-order valence-corrected chi connectivity index (χ2v) is 5.24. The molecule has 0 amide bonds. The molecule has 0 aliphatic heterocycles. The van der Waals surface area contributed by atoms with Crippen molar-refractivity contribution in [2.45, 2.75) is 6.18 Å². The molecule has 13 heavy (non-hydrogen) atoms. The minimum atomic E-state index is -4.22. The van der Waals surface area contributed by atoms with Gasteiger partial charge in [0.2, 0.25) is 0 Å². The molecule has 0 aliphatic rings. The molecular formula is C9H10F3P. The van der Waals surface area contributed by atoms with E-state index in [1.807, 2.05) is 13.3 Å². The van der Waals surface area contributed by atoms with E-state index >= 15 is 0 Å². The zero-order chi connectivity index (χ0) is 10.1. The molecule has 0 saturated heterocycles. The maximum atomic E-state index is 12.1. The second kappa shape index (κ2) is 3.67. The Morgan fingerprint density at radius 1 is 1.00 bits per heavy atom. The molecule has 72 valence electrons. The van der Waals surface area contributed by atoms with Crippen molar-refractivity contribution in [1.29, 1.82) is 0 Å². The summed E-state index contributed by atoms with van der Waals surface area (Å²) in [5.41, 5.74) is -0.576. The topological polar surface area (TPSA) is 0 Å². The van der Waals surface area contributed by atoms with Crippen molar-refractivity contribution in [2.75, 3.05) is 13.3 Å². The van der Waals surface area contributed by atoms with Gasteiger partial charge < -0.3 is 0 Å². The Hall–Kier alpha value is -0.560. The zero-order valence-electron chi connectivity index (χ0n) is 7.39. The van der Waals surface area contributed by atoms with E-state index in [9.17, 15) is 13.2 Å². The van der Waals surface area contributed by atoms with E-state index in [-0.39, 0.29) is 7.92 Å². The van der Waals surface area contributed by atoms with Gasteiger partial charge in [-0.3, -0.25) is 0 Å². The predicted molar refractivity (Wildman–Crippen MR) is 49.8 cm³/mol. The van der Waals surface area contributed by atoms with Gasteiger partial charge in [0.15, 0.2) is 0 Å². The molecule has 0 spiro atoms. The van der Waals surface area contributed by atoms with Gasteiger partial charge in [-0.25, -0.2) is 0 Å². The highest BCUT2D eigenvalue weighted by molar-refractivity contribution is 7.64. The predicted octanol–water partition coefficient (Wildman–Crippen LogP) is 3.07. The fraction of sp³-hybridized carbons (Fsp3) is 0.333. The van der Waals surface area contributed by atoms with Gasteiger partial charge in [0.1, 0.15) is 0 Å². The molecular weight excluding hydrogens is 196 g/mol. The van der Waals surface area contributed by atoms with Crippen LogP contribution in [0.25, 0.3) is 0 Å². The Morgan fingerprint density at radius 3 is 1.77 bits per heavy atom. The highest BCUT2D eigenvalue weighted by Gasteiger charge is 2.29. The molecule has 0 unspecified atom stereocenters. The molecule has 0 saturated carbocycles. The molecule has 0 radical (unpaired) electrons. The first kappa shape index (κ1) is 10.5. The summed E-state index contributed by atoms with van der Waals surface area (Å²) in [5.74, 6) is 0. The summed E-state index contributed by atoms with van der Waals surface area (Å²) in [7, 11) is -0.311. The van der Waals surface area contributed by atoms with Crippen molar-refractivity contribution < 1.29 is 13.2 Å². The largest absolute Gasteiger partial charge is 0.416 e. The van der Waals surface area contributed by atoms with Crippen LogP contribution in [0.1, 0.15) is 5.56 Å². The lowest BCUT2D eigenvalue weighted by molar-refractivity contribution is -0.137. The zero-order valence-corrected chi connectivity index (χ0v) is 8.28. The smallest absolute Gasteiger partial charge is 0.166 e. The maximum Gasteiger partial charge on any atom is 0.416 e. The number of alkyl halides is 3. The maximum absolute atomic E-state index is 12.1. The van der Waals surface area contributed by atoms with Crippen molar-refractivity contribution in [2.24, 2.45) is 0 Å². The third-order valence-electron chi connectivity index (χ3n) is 1.71. The van der Waals surface area contributed by atoms with E-state index in [2.05, 4.69) is 0 Å². The minimum Gasteiger partial charge on any atom is -0.166 e. The van der Waals surface area contributed by atoms with Crippen molar-refractivity contribution in [3.05, 3.63) is 29.8 Å². The van der Waals surface area contributed by atoms with Crippen LogP contribution in [0.5, 0.6) is 0 Å². The van der Waals surface area contributed by atoms with Crippen LogP contribution in [0, 0.1) is 0 Å².